The predicted octanol–water partition coefficient (Wildman–Crippen LogP) is 2.04. The number of hydrogen-bond acceptors (Lipinski definition) is 3. The van der Waals surface area contributed by atoms with Crippen LogP contribution in [0.5, 0.6) is 0 Å². The number of nitrogens with one attached hydrogen (secondary N) is 1. The Balaban J connectivity index is 1.84. The van der Waals surface area contributed by atoms with Crippen LogP contribution in [0.3, 0.4) is 0 Å². The van der Waals surface area contributed by atoms with Crippen molar-refractivity contribution >= 4 is 11.9 Å². The molecule has 0 bridgehead atoms. The summed E-state index contributed by atoms with van der Waals surface area (Å²) in [6, 6.07) is 0.197. The van der Waals surface area contributed by atoms with Gasteiger partial charge in [-0.1, -0.05) is 20.8 Å². The van der Waals surface area contributed by atoms with E-state index in [4.69, 9.17) is 5.73 Å². The van der Waals surface area contributed by atoms with Gasteiger partial charge in [0.05, 0.1) is 0 Å². The van der Waals surface area contributed by atoms with Gasteiger partial charge in [-0.25, -0.2) is 4.79 Å². The molecule has 6 heteroatoms. The van der Waals surface area contributed by atoms with Crippen LogP contribution in [0.25, 0.3) is 0 Å². The van der Waals surface area contributed by atoms with Crippen molar-refractivity contribution in [3.63, 3.8) is 0 Å². The van der Waals surface area contributed by atoms with Gasteiger partial charge >= 0.3 is 6.03 Å². The van der Waals surface area contributed by atoms with Gasteiger partial charge in [0.15, 0.2) is 0 Å². The Morgan fingerprint density at radius 3 is 2.68 bits per heavy atom. The first kappa shape index (κ1) is 20.0. The Bertz CT molecular complexity index is 455. The van der Waals surface area contributed by atoms with Gasteiger partial charge in [-0.3, -0.25) is 4.79 Å². The molecular weight excluding hydrogens is 316 g/mol. The fraction of sp³-hybridized carbons (Fsp3) is 0.895. The Labute approximate surface area is 152 Å². The highest BCUT2D eigenvalue weighted by molar-refractivity contribution is 5.77. The smallest absolute Gasteiger partial charge is 0.317 e. The first-order valence-corrected chi connectivity index (χ1v) is 9.93. The van der Waals surface area contributed by atoms with E-state index in [2.05, 4.69) is 26.1 Å². The van der Waals surface area contributed by atoms with E-state index < -0.39 is 0 Å². The second kappa shape index (κ2) is 9.41. The van der Waals surface area contributed by atoms with Crippen LogP contribution < -0.4 is 11.1 Å². The first-order valence-electron chi connectivity index (χ1n) is 9.93. The lowest BCUT2D eigenvalue weighted by Gasteiger charge is -2.39. The lowest BCUT2D eigenvalue weighted by molar-refractivity contribution is -0.136. The van der Waals surface area contributed by atoms with Crippen molar-refractivity contribution in [3.8, 4) is 0 Å². The molecule has 2 aliphatic rings. The molecule has 2 heterocycles. The third-order valence-corrected chi connectivity index (χ3v) is 5.50. The van der Waals surface area contributed by atoms with E-state index in [1.807, 2.05) is 9.80 Å². The second-order valence-electron chi connectivity index (χ2n) is 8.34. The van der Waals surface area contributed by atoms with Crippen molar-refractivity contribution in [1.29, 1.82) is 0 Å². The largest absolute Gasteiger partial charge is 0.338 e. The molecule has 0 aromatic rings. The Hall–Kier alpha value is -1.30. The first-order chi connectivity index (χ1) is 11.9. The van der Waals surface area contributed by atoms with Crippen molar-refractivity contribution in [2.24, 2.45) is 23.5 Å². The molecule has 0 aliphatic carbocycles. The number of carbonyl (C=O) groups is 2. The van der Waals surface area contributed by atoms with E-state index >= 15 is 0 Å². The predicted molar refractivity (Wildman–Crippen MR) is 100 cm³/mol. The monoisotopic (exact) mass is 352 g/mol. The molecule has 3 amide bonds. The average Bonchev–Trinajstić information content (AvgIpc) is 2.59. The van der Waals surface area contributed by atoms with Gasteiger partial charge in [-0.05, 0) is 43.4 Å². The zero-order chi connectivity index (χ0) is 18.4. The van der Waals surface area contributed by atoms with Gasteiger partial charge in [0.25, 0.3) is 0 Å². The highest BCUT2D eigenvalue weighted by atomic mass is 16.2. The lowest BCUT2D eigenvalue weighted by Crippen LogP contribution is -2.51. The normalized spacial score (nSPS) is 27.5. The molecule has 2 saturated heterocycles. The standard InChI is InChI=1S/C19H36N4O2/c1-14(2)12-21-19(25)22-7-4-5-16(13-22)10-18(24)23-8-6-15(3)9-17(23)11-20/h14-17H,4-13,20H2,1-3H3,(H,21,25). The molecule has 2 rings (SSSR count). The molecular formula is C19H36N4O2. The van der Waals surface area contributed by atoms with E-state index in [1.54, 1.807) is 0 Å². The van der Waals surface area contributed by atoms with Gasteiger partial charge in [0, 0.05) is 45.2 Å². The number of rotatable bonds is 5. The summed E-state index contributed by atoms with van der Waals surface area (Å²) in [7, 11) is 0. The second-order valence-corrected chi connectivity index (χ2v) is 8.34. The maximum Gasteiger partial charge on any atom is 0.317 e. The van der Waals surface area contributed by atoms with Crippen LogP contribution in [0.1, 0.15) is 52.9 Å². The topological polar surface area (TPSA) is 78.7 Å². The molecule has 144 valence electrons. The summed E-state index contributed by atoms with van der Waals surface area (Å²) in [5, 5.41) is 2.99. The maximum absolute atomic E-state index is 12.8. The molecule has 0 spiro atoms. The maximum atomic E-state index is 12.8. The van der Waals surface area contributed by atoms with E-state index in [0.717, 1.165) is 38.8 Å². The van der Waals surface area contributed by atoms with Crippen molar-refractivity contribution in [3.05, 3.63) is 0 Å². The van der Waals surface area contributed by atoms with Gasteiger partial charge in [-0.15, -0.1) is 0 Å². The Morgan fingerprint density at radius 2 is 2.00 bits per heavy atom. The molecule has 3 unspecified atom stereocenters. The highest BCUT2D eigenvalue weighted by Gasteiger charge is 2.32. The minimum Gasteiger partial charge on any atom is -0.338 e. The molecule has 0 radical (unpaired) electrons. The Kier molecular flexibility index (Phi) is 7.54. The summed E-state index contributed by atoms with van der Waals surface area (Å²) >= 11 is 0. The molecule has 2 fully saturated rings. The Morgan fingerprint density at radius 1 is 1.24 bits per heavy atom. The molecule has 0 aromatic carbocycles. The SMILES string of the molecule is CC(C)CNC(=O)N1CCCC(CC(=O)N2CCC(C)CC2CN)C1. The molecule has 2 aliphatic heterocycles. The van der Waals surface area contributed by atoms with Crippen molar-refractivity contribution < 1.29 is 9.59 Å². The number of nitrogens with zero attached hydrogens (tertiary/aromatic N) is 2. The van der Waals surface area contributed by atoms with Gasteiger partial charge in [0.2, 0.25) is 5.91 Å². The van der Waals surface area contributed by atoms with E-state index in [1.165, 1.54) is 0 Å². The van der Waals surface area contributed by atoms with Crippen molar-refractivity contribution in [1.82, 2.24) is 15.1 Å². The lowest BCUT2D eigenvalue weighted by atomic mass is 9.90. The van der Waals surface area contributed by atoms with E-state index in [0.29, 0.717) is 37.9 Å². The molecule has 3 atom stereocenters. The molecule has 6 nitrogen and oxygen atoms in total. The van der Waals surface area contributed by atoms with Gasteiger partial charge in [0.1, 0.15) is 0 Å². The number of likely N-dealkylation sites (tertiary alicyclic amines) is 2. The number of hydrogen-bond donors (Lipinski definition) is 2. The van der Waals surface area contributed by atoms with Crippen LogP contribution in [0, 0.1) is 17.8 Å². The fourth-order valence-electron chi connectivity index (χ4n) is 3.99. The molecule has 0 aromatic heterocycles. The number of carbonyl (C=O) groups excluding carboxylic acids is 2. The number of amides is 3. The third kappa shape index (κ3) is 5.87. The molecule has 25 heavy (non-hydrogen) atoms. The summed E-state index contributed by atoms with van der Waals surface area (Å²) in [5.41, 5.74) is 5.89. The zero-order valence-electron chi connectivity index (χ0n) is 16.2. The zero-order valence-corrected chi connectivity index (χ0v) is 16.2. The summed E-state index contributed by atoms with van der Waals surface area (Å²) in [6.07, 6.45) is 4.62. The van der Waals surface area contributed by atoms with Crippen molar-refractivity contribution in [2.75, 3.05) is 32.7 Å². The van der Waals surface area contributed by atoms with Crippen LogP contribution in [0.4, 0.5) is 4.79 Å². The van der Waals surface area contributed by atoms with Crippen LogP contribution in [-0.4, -0.2) is 60.5 Å². The molecule has 3 N–H and O–H groups in total. The van der Waals surface area contributed by atoms with Crippen LogP contribution in [-0.2, 0) is 4.79 Å². The van der Waals surface area contributed by atoms with E-state index in [-0.39, 0.29) is 23.9 Å². The van der Waals surface area contributed by atoms with Crippen LogP contribution in [0.15, 0.2) is 0 Å². The highest BCUT2D eigenvalue weighted by Crippen LogP contribution is 2.26. The minimum atomic E-state index is 0.0116. The number of nitrogens with two attached hydrogens (primary N) is 1. The fourth-order valence-corrected chi connectivity index (χ4v) is 3.99. The van der Waals surface area contributed by atoms with Gasteiger partial charge < -0.3 is 20.9 Å². The van der Waals surface area contributed by atoms with Crippen LogP contribution in [0.2, 0.25) is 0 Å². The summed E-state index contributed by atoms with van der Waals surface area (Å²) in [5.74, 6) is 1.58. The number of piperidine rings is 2. The summed E-state index contributed by atoms with van der Waals surface area (Å²) < 4.78 is 0. The van der Waals surface area contributed by atoms with Crippen molar-refractivity contribution in [2.45, 2.75) is 58.9 Å². The summed E-state index contributed by atoms with van der Waals surface area (Å²) in [6.45, 7) is 9.96. The van der Waals surface area contributed by atoms with E-state index in [9.17, 15) is 9.59 Å². The average molecular weight is 353 g/mol. The van der Waals surface area contributed by atoms with Gasteiger partial charge in [-0.2, -0.15) is 0 Å². The minimum absolute atomic E-state index is 0.0116. The summed E-state index contributed by atoms with van der Waals surface area (Å²) in [4.78, 5) is 28.9. The number of urea groups is 1. The molecule has 0 saturated carbocycles. The third-order valence-electron chi connectivity index (χ3n) is 5.50. The quantitative estimate of drug-likeness (QED) is 0.795. The van der Waals surface area contributed by atoms with Crippen LogP contribution >= 0.6 is 0 Å².